The number of nitrogens with one attached hydrogen (secondary N) is 1. The van der Waals surface area contributed by atoms with E-state index in [1.807, 2.05) is 17.5 Å². The molecule has 18 heavy (non-hydrogen) atoms. The van der Waals surface area contributed by atoms with Crippen molar-refractivity contribution in [1.82, 2.24) is 4.72 Å². The lowest BCUT2D eigenvalue weighted by atomic mass is 10.4. The highest BCUT2D eigenvalue weighted by atomic mass is 35.5. The van der Waals surface area contributed by atoms with Crippen LogP contribution in [0, 0.1) is 0 Å². The monoisotopic (exact) mass is 321 g/mol. The van der Waals surface area contributed by atoms with Crippen LogP contribution in [0.3, 0.4) is 0 Å². The summed E-state index contributed by atoms with van der Waals surface area (Å²) in [5.41, 5.74) is 0. The first-order valence-corrected chi connectivity index (χ1v) is 8.08. The Bertz CT molecular complexity index is 639. The Hall–Kier alpha value is -0.590. The minimum absolute atomic E-state index is 0.00628. The number of sulfonamides is 1. The highest BCUT2D eigenvalue weighted by molar-refractivity contribution is 7.89. The van der Waals surface area contributed by atoms with Gasteiger partial charge in [0.25, 0.3) is 0 Å². The zero-order valence-corrected chi connectivity index (χ0v) is 12.2. The van der Waals surface area contributed by atoms with Gasteiger partial charge in [-0.2, -0.15) is 0 Å². The van der Waals surface area contributed by atoms with E-state index in [-0.39, 0.29) is 21.5 Å². The second-order valence-corrected chi connectivity index (χ2v) is 7.01. The van der Waals surface area contributed by atoms with Gasteiger partial charge in [0.15, 0.2) is 0 Å². The fourth-order valence-electron chi connectivity index (χ4n) is 1.35. The average Bonchev–Trinajstić information content (AvgIpc) is 2.83. The zero-order chi connectivity index (χ0) is 13.2. The third-order valence-electron chi connectivity index (χ3n) is 2.22. The van der Waals surface area contributed by atoms with Gasteiger partial charge >= 0.3 is 0 Å². The van der Waals surface area contributed by atoms with E-state index >= 15 is 0 Å². The second-order valence-electron chi connectivity index (χ2n) is 3.46. The van der Waals surface area contributed by atoms with Crippen molar-refractivity contribution < 1.29 is 8.42 Å². The van der Waals surface area contributed by atoms with Gasteiger partial charge < -0.3 is 0 Å². The maximum atomic E-state index is 12.1. The summed E-state index contributed by atoms with van der Waals surface area (Å²) < 4.78 is 26.6. The Balaban J connectivity index is 2.23. The van der Waals surface area contributed by atoms with Gasteiger partial charge in [-0.05, 0) is 23.6 Å². The molecule has 0 unspecified atom stereocenters. The molecule has 1 aromatic carbocycles. The van der Waals surface area contributed by atoms with E-state index in [4.69, 9.17) is 23.2 Å². The van der Waals surface area contributed by atoms with Crippen molar-refractivity contribution >= 4 is 44.6 Å². The van der Waals surface area contributed by atoms with Gasteiger partial charge in [0.1, 0.15) is 4.90 Å². The lowest BCUT2D eigenvalue weighted by Gasteiger charge is -2.08. The van der Waals surface area contributed by atoms with E-state index in [1.54, 1.807) is 12.1 Å². The summed E-state index contributed by atoms with van der Waals surface area (Å²) in [5.74, 6) is 0. The van der Waals surface area contributed by atoms with Crippen molar-refractivity contribution in [2.24, 2.45) is 0 Å². The summed E-state index contributed by atoms with van der Waals surface area (Å²) in [6.07, 6.45) is 0. The Morgan fingerprint density at radius 3 is 2.61 bits per heavy atom. The van der Waals surface area contributed by atoms with Crippen LogP contribution >= 0.6 is 34.5 Å². The van der Waals surface area contributed by atoms with Crippen LogP contribution in [0.2, 0.25) is 10.0 Å². The molecule has 2 rings (SSSR count). The number of hydrogen-bond acceptors (Lipinski definition) is 3. The highest BCUT2D eigenvalue weighted by Crippen LogP contribution is 2.28. The summed E-state index contributed by atoms with van der Waals surface area (Å²) in [6, 6.07) is 8.23. The molecule has 3 nitrogen and oxygen atoms in total. The van der Waals surface area contributed by atoms with E-state index < -0.39 is 10.0 Å². The molecule has 1 heterocycles. The van der Waals surface area contributed by atoms with Gasteiger partial charge in [0.05, 0.1) is 10.0 Å². The molecule has 0 saturated heterocycles. The predicted octanol–water partition coefficient (Wildman–Crippen LogP) is 3.53. The fourth-order valence-corrected chi connectivity index (χ4v) is 3.85. The largest absolute Gasteiger partial charge is 0.242 e. The van der Waals surface area contributed by atoms with Crippen LogP contribution in [-0.2, 0) is 16.6 Å². The van der Waals surface area contributed by atoms with E-state index in [2.05, 4.69) is 4.72 Å². The quantitative estimate of drug-likeness (QED) is 0.936. The maximum Gasteiger partial charge on any atom is 0.242 e. The molecule has 0 radical (unpaired) electrons. The molecule has 96 valence electrons. The van der Waals surface area contributed by atoms with Gasteiger partial charge in [-0.1, -0.05) is 35.3 Å². The van der Waals surface area contributed by atoms with Crippen LogP contribution in [0.5, 0.6) is 0 Å². The number of benzene rings is 1. The minimum atomic E-state index is -3.65. The van der Waals surface area contributed by atoms with E-state index in [0.717, 1.165) is 4.88 Å². The minimum Gasteiger partial charge on any atom is -0.207 e. The SMILES string of the molecule is O=S(=O)(NCc1cccs1)c1cccc(Cl)c1Cl. The third kappa shape index (κ3) is 3.05. The number of thiophene rings is 1. The van der Waals surface area contributed by atoms with E-state index in [9.17, 15) is 8.42 Å². The highest BCUT2D eigenvalue weighted by Gasteiger charge is 2.19. The second kappa shape index (κ2) is 5.59. The van der Waals surface area contributed by atoms with Crippen LogP contribution in [-0.4, -0.2) is 8.42 Å². The molecule has 0 fully saturated rings. The average molecular weight is 322 g/mol. The standard InChI is InChI=1S/C11H9Cl2NO2S2/c12-9-4-1-5-10(11(9)13)18(15,16)14-7-8-3-2-6-17-8/h1-6,14H,7H2. The topological polar surface area (TPSA) is 46.2 Å². The third-order valence-corrected chi connectivity index (χ3v) is 5.47. The number of rotatable bonds is 4. The molecule has 1 N–H and O–H groups in total. The summed E-state index contributed by atoms with van der Waals surface area (Å²) in [4.78, 5) is 0.921. The molecule has 7 heteroatoms. The van der Waals surface area contributed by atoms with Crippen molar-refractivity contribution in [2.45, 2.75) is 11.4 Å². The Morgan fingerprint density at radius 1 is 1.17 bits per heavy atom. The summed E-state index contributed by atoms with van der Waals surface area (Å²) >= 11 is 13.2. The molecule has 0 aliphatic heterocycles. The van der Waals surface area contributed by atoms with Gasteiger partial charge in [-0.25, -0.2) is 13.1 Å². The predicted molar refractivity (Wildman–Crippen MR) is 74.8 cm³/mol. The molecule has 0 saturated carbocycles. The zero-order valence-electron chi connectivity index (χ0n) is 9.06. The summed E-state index contributed by atoms with van der Waals surface area (Å²) in [7, 11) is -3.65. The van der Waals surface area contributed by atoms with Crippen molar-refractivity contribution in [1.29, 1.82) is 0 Å². The Kier molecular flexibility index (Phi) is 4.29. The van der Waals surface area contributed by atoms with Crippen LogP contribution < -0.4 is 4.72 Å². The molecular formula is C11H9Cl2NO2S2. The van der Waals surface area contributed by atoms with Crippen LogP contribution in [0.4, 0.5) is 0 Å². The molecule has 2 aromatic rings. The smallest absolute Gasteiger partial charge is 0.207 e. The molecule has 0 aliphatic carbocycles. The maximum absolute atomic E-state index is 12.1. The number of hydrogen-bond donors (Lipinski definition) is 1. The van der Waals surface area contributed by atoms with Crippen molar-refractivity contribution in [3.63, 3.8) is 0 Å². The fraction of sp³-hybridized carbons (Fsp3) is 0.0909. The first-order chi connectivity index (χ1) is 8.50. The molecule has 0 bridgehead atoms. The summed E-state index contributed by atoms with van der Waals surface area (Å²) in [5, 5.41) is 2.14. The summed E-state index contributed by atoms with van der Waals surface area (Å²) in [6.45, 7) is 0.239. The van der Waals surface area contributed by atoms with Crippen LogP contribution in [0.15, 0.2) is 40.6 Å². The molecular weight excluding hydrogens is 313 g/mol. The molecule has 0 amide bonds. The van der Waals surface area contributed by atoms with Gasteiger partial charge in [-0.3, -0.25) is 0 Å². The molecule has 0 spiro atoms. The van der Waals surface area contributed by atoms with E-state index in [1.165, 1.54) is 17.4 Å². The molecule has 1 aromatic heterocycles. The lowest BCUT2D eigenvalue weighted by molar-refractivity contribution is 0.582. The Labute approximate surface area is 119 Å². The first-order valence-electron chi connectivity index (χ1n) is 4.97. The van der Waals surface area contributed by atoms with Crippen LogP contribution in [0.25, 0.3) is 0 Å². The normalized spacial score (nSPS) is 11.7. The van der Waals surface area contributed by atoms with Crippen molar-refractivity contribution in [3.8, 4) is 0 Å². The van der Waals surface area contributed by atoms with Crippen LogP contribution in [0.1, 0.15) is 4.88 Å². The van der Waals surface area contributed by atoms with E-state index in [0.29, 0.717) is 0 Å². The van der Waals surface area contributed by atoms with Crippen molar-refractivity contribution in [3.05, 3.63) is 50.6 Å². The Morgan fingerprint density at radius 2 is 1.94 bits per heavy atom. The van der Waals surface area contributed by atoms with Gasteiger partial charge in [-0.15, -0.1) is 11.3 Å². The number of halogens is 2. The van der Waals surface area contributed by atoms with Gasteiger partial charge in [0, 0.05) is 11.4 Å². The van der Waals surface area contributed by atoms with Gasteiger partial charge in [0.2, 0.25) is 10.0 Å². The lowest BCUT2D eigenvalue weighted by Crippen LogP contribution is -2.23. The molecule has 0 atom stereocenters. The first kappa shape index (κ1) is 13.8. The molecule has 0 aliphatic rings. The van der Waals surface area contributed by atoms with Crippen molar-refractivity contribution in [2.75, 3.05) is 0 Å².